The van der Waals surface area contributed by atoms with Crippen LogP contribution < -0.4 is 5.32 Å². The van der Waals surface area contributed by atoms with Crippen LogP contribution in [0.5, 0.6) is 0 Å². The highest BCUT2D eigenvalue weighted by Gasteiger charge is 2.41. The van der Waals surface area contributed by atoms with Gasteiger partial charge >= 0.3 is 0 Å². The number of benzene rings is 1. The van der Waals surface area contributed by atoms with Crippen molar-refractivity contribution in [2.75, 3.05) is 11.6 Å². The minimum Gasteiger partial charge on any atom is -0.382 e. The summed E-state index contributed by atoms with van der Waals surface area (Å²) in [6.45, 7) is 0. The normalized spacial score (nSPS) is 19.3. The Morgan fingerprint density at radius 3 is 2.63 bits per heavy atom. The quantitative estimate of drug-likeness (QED) is 0.813. The topological polar surface area (TPSA) is 24.9 Å². The first kappa shape index (κ1) is 12.0. The molecule has 0 aliphatic heterocycles. The molecule has 0 bridgehead atoms. The second-order valence-electron chi connectivity index (χ2n) is 5.71. The van der Waals surface area contributed by atoms with E-state index in [2.05, 4.69) is 34.8 Å². The monoisotopic (exact) mass is 290 g/mol. The molecule has 0 unspecified atom stereocenters. The van der Waals surface area contributed by atoms with Crippen molar-refractivity contribution in [3.05, 3.63) is 18.2 Å². The van der Waals surface area contributed by atoms with Crippen LogP contribution in [0.1, 0.15) is 25.7 Å². The van der Waals surface area contributed by atoms with Crippen molar-refractivity contribution in [3.8, 4) is 0 Å². The zero-order chi connectivity index (χ0) is 12.8. The SMILES string of the molecule is CSc1nc2ccc(NC(C3CC3)C3CC3)cc2s1. The first-order chi connectivity index (χ1) is 9.33. The Morgan fingerprint density at radius 1 is 1.26 bits per heavy atom. The number of rotatable bonds is 5. The largest absolute Gasteiger partial charge is 0.382 e. The highest BCUT2D eigenvalue weighted by Crippen LogP contribution is 2.46. The minimum atomic E-state index is 0.727. The first-order valence-corrected chi connectivity index (χ1v) is 9.09. The summed E-state index contributed by atoms with van der Waals surface area (Å²) in [5.74, 6) is 1.87. The third kappa shape index (κ3) is 2.48. The molecule has 1 aromatic heterocycles. The van der Waals surface area contributed by atoms with E-state index in [1.165, 1.54) is 36.1 Å². The fourth-order valence-electron chi connectivity index (χ4n) is 2.80. The lowest BCUT2D eigenvalue weighted by Crippen LogP contribution is -2.24. The molecule has 1 N–H and O–H groups in total. The average Bonchev–Trinajstić information content (AvgIpc) is 3.32. The molecule has 100 valence electrons. The fourth-order valence-corrected chi connectivity index (χ4v) is 4.33. The molecule has 0 saturated heterocycles. The van der Waals surface area contributed by atoms with E-state index in [0.29, 0.717) is 0 Å². The maximum Gasteiger partial charge on any atom is 0.150 e. The van der Waals surface area contributed by atoms with Gasteiger partial charge in [0.15, 0.2) is 4.34 Å². The van der Waals surface area contributed by atoms with E-state index in [0.717, 1.165) is 27.7 Å². The number of hydrogen-bond donors (Lipinski definition) is 1. The summed E-state index contributed by atoms with van der Waals surface area (Å²) in [7, 11) is 0. The molecule has 1 aromatic carbocycles. The van der Waals surface area contributed by atoms with Crippen LogP contribution in [0.4, 0.5) is 5.69 Å². The molecule has 2 saturated carbocycles. The standard InChI is InChI=1S/C15H18N2S2/c1-18-15-17-12-7-6-11(8-13(12)19-15)16-14(9-2-3-9)10-4-5-10/h6-10,14,16H,2-5H2,1H3. The molecular formula is C15H18N2S2. The Labute approximate surface area is 122 Å². The Morgan fingerprint density at radius 2 is 2.00 bits per heavy atom. The van der Waals surface area contributed by atoms with Crippen molar-refractivity contribution in [2.45, 2.75) is 36.1 Å². The van der Waals surface area contributed by atoms with Crippen LogP contribution in [-0.2, 0) is 0 Å². The van der Waals surface area contributed by atoms with Crippen molar-refractivity contribution in [1.82, 2.24) is 4.98 Å². The van der Waals surface area contributed by atoms with Crippen LogP contribution in [-0.4, -0.2) is 17.3 Å². The molecule has 19 heavy (non-hydrogen) atoms. The van der Waals surface area contributed by atoms with Crippen molar-refractivity contribution in [1.29, 1.82) is 0 Å². The zero-order valence-electron chi connectivity index (χ0n) is 11.1. The average molecular weight is 290 g/mol. The van der Waals surface area contributed by atoms with E-state index in [1.54, 1.807) is 23.1 Å². The first-order valence-electron chi connectivity index (χ1n) is 7.04. The summed E-state index contributed by atoms with van der Waals surface area (Å²) in [5.41, 5.74) is 2.42. The molecule has 0 amide bonds. The molecule has 2 aliphatic carbocycles. The lowest BCUT2D eigenvalue weighted by Gasteiger charge is -2.19. The highest BCUT2D eigenvalue weighted by molar-refractivity contribution is 8.00. The highest BCUT2D eigenvalue weighted by atomic mass is 32.2. The van der Waals surface area contributed by atoms with E-state index in [-0.39, 0.29) is 0 Å². The summed E-state index contributed by atoms with van der Waals surface area (Å²) in [4.78, 5) is 4.60. The Hall–Kier alpha value is -0.740. The van der Waals surface area contributed by atoms with Crippen LogP contribution in [0.25, 0.3) is 10.2 Å². The van der Waals surface area contributed by atoms with E-state index >= 15 is 0 Å². The van der Waals surface area contributed by atoms with Crippen LogP contribution in [0.2, 0.25) is 0 Å². The lowest BCUT2D eigenvalue weighted by molar-refractivity contribution is 0.568. The van der Waals surface area contributed by atoms with Gasteiger partial charge in [-0.2, -0.15) is 0 Å². The molecule has 0 atom stereocenters. The molecule has 0 radical (unpaired) electrons. The van der Waals surface area contributed by atoms with Gasteiger partial charge in [0.05, 0.1) is 10.2 Å². The summed E-state index contributed by atoms with van der Waals surface area (Å²) < 4.78 is 2.47. The van der Waals surface area contributed by atoms with E-state index in [9.17, 15) is 0 Å². The molecule has 1 heterocycles. The number of hydrogen-bond acceptors (Lipinski definition) is 4. The van der Waals surface area contributed by atoms with E-state index < -0.39 is 0 Å². The number of nitrogens with zero attached hydrogens (tertiary/aromatic N) is 1. The third-order valence-corrected chi connectivity index (χ3v) is 6.14. The summed E-state index contributed by atoms with van der Waals surface area (Å²) in [6, 6.07) is 7.37. The zero-order valence-corrected chi connectivity index (χ0v) is 12.7. The number of anilines is 1. The van der Waals surface area contributed by atoms with E-state index in [4.69, 9.17) is 0 Å². The Balaban J connectivity index is 1.59. The maximum absolute atomic E-state index is 4.60. The maximum atomic E-state index is 4.60. The van der Waals surface area contributed by atoms with Crippen molar-refractivity contribution in [2.24, 2.45) is 11.8 Å². The number of thiazole rings is 1. The van der Waals surface area contributed by atoms with Crippen LogP contribution in [0.3, 0.4) is 0 Å². The second kappa shape index (κ2) is 4.67. The molecule has 2 aliphatic rings. The van der Waals surface area contributed by atoms with Gasteiger partial charge in [0.1, 0.15) is 0 Å². The molecule has 2 nitrogen and oxygen atoms in total. The number of nitrogens with one attached hydrogen (secondary N) is 1. The van der Waals surface area contributed by atoms with Gasteiger partial charge < -0.3 is 5.32 Å². The predicted molar refractivity (Wildman–Crippen MR) is 84.3 cm³/mol. The summed E-state index contributed by atoms with van der Waals surface area (Å²) >= 11 is 3.53. The Kier molecular flexibility index (Phi) is 2.96. The van der Waals surface area contributed by atoms with Gasteiger partial charge in [-0.05, 0) is 62.0 Å². The number of aromatic nitrogens is 1. The molecule has 0 spiro atoms. The van der Waals surface area contributed by atoms with Crippen LogP contribution in [0.15, 0.2) is 22.5 Å². The van der Waals surface area contributed by atoms with Gasteiger partial charge in [0.25, 0.3) is 0 Å². The lowest BCUT2D eigenvalue weighted by atomic mass is 10.1. The second-order valence-corrected chi connectivity index (χ2v) is 7.80. The minimum absolute atomic E-state index is 0.727. The van der Waals surface area contributed by atoms with Crippen LogP contribution >= 0.6 is 23.1 Å². The van der Waals surface area contributed by atoms with Gasteiger partial charge in [0, 0.05) is 11.7 Å². The molecular weight excluding hydrogens is 272 g/mol. The van der Waals surface area contributed by atoms with Crippen molar-refractivity contribution in [3.63, 3.8) is 0 Å². The smallest absolute Gasteiger partial charge is 0.150 e. The predicted octanol–water partition coefficient (Wildman–Crippen LogP) is 4.62. The molecule has 4 heteroatoms. The Bertz CT molecular complexity index is 587. The summed E-state index contributed by atoms with van der Waals surface area (Å²) in [6.07, 6.45) is 7.79. The molecule has 4 rings (SSSR count). The van der Waals surface area contributed by atoms with Gasteiger partial charge in [-0.25, -0.2) is 4.98 Å². The number of thioether (sulfide) groups is 1. The molecule has 2 fully saturated rings. The number of fused-ring (bicyclic) bond motifs is 1. The fraction of sp³-hybridized carbons (Fsp3) is 0.533. The third-order valence-electron chi connectivity index (χ3n) is 4.14. The van der Waals surface area contributed by atoms with Gasteiger partial charge in [-0.15, -0.1) is 11.3 Å². The van der Waals surface area contributed by atoms with Crippen molar-refractivity contribution < 1.29 is 0 Å². The van der Waals surface area contributed by atoms with Gasteiger partial charge in [-0.3, -0.25) is 0 Å². The van der Waals surface area contributed by atoms with E-state index in [1.807, 2.05) is 0 Å². The van der Waals surface area contributed by atoms with Crippen molar-refractivity contribution >= 4 is 39.0 Å². The molecule has 2 aromatic rings. The van der Waals surface area contributed by atoms with Crippen LogP contribution in [0, 0.1) is 11.8 Å². The van der Waals surface area contributed by atoms with Gasteiger partial charge in [-0.1, -0.05) is 11.8 Å². The summed E-state index contributed by atoms with van der Waals surface area (Å²) in [5, 5.41) is 3.79. The van der Waals surface area contributed by atoms with Gasteiger partial charge in [0.2, 0.25) is 0 Å².